The van der Waals surface area contributed by atoms with Gasteiger partial charge in [-0.15, -0.1) is 0 Å². The third-order valence-corrected chi connectivity index (χ3v) is 17.6. The van der Waals surface area contributed by atoms with E-state index < -0.39 is 15.6 Å². The van der Waals surface area contributed by atoms with Crippen LogP contribution in [0.15, 0.2) is 249 Å². The van der Waals surface area contributed by atoms with Crippen molar-refractivity contribution in [2.24, 2.45) is 0 Å². The largest absolute Gasteiger partial charge is 0.534 e. The van der Waals surface area contributed by atoms with Crippen molar-refractivity contribution in [2.45, 2.75) is 51.5 Å². The van der Waals surface area contributed by atoms with Gasteiger partial charge in [-0.1, -0.05) is 241 Å². The van der Waals surface area contributed by atoms with E-state index >= 15 is 0 Å². The molecule has 12 heteroatoms. The highest BCUT2D eigenvalue weighted by atomic mass is 32.2. The predicted octanol–water partition coefficient (Wildman–Crippen LogP) is 19.9. The molecule has 0 fully saturated rings. The lowest BCUT2D eigenvalue weighted by Crippen LogP contribution is -2.28. The number of anilines is 4. The monoisotopic (exact) mass is 1150 g/mol. The van der Waals surface area contributed by atoms with Gasteiger partial charge in [0, 0.05) is 63.8 Å². The molecule has 423 valence electrons. The highest BCUT2D eigenvalue weighted by Gasteiger charge is 2.49. The molecule has 0 saturated carbocycles. The van der Waals surface area contributed by atoms with Gasteiger partial charge in [-0.25, -0.2) is 0 Å². The quantitative estimate of drug-likeness (QED) is 0.0611. The summed E-state index contributed by atoms with van der Waals surface area (Å²) in [5.74, 6) is -0.341. The molecule has 0 unspecified atom stereocenters. The number of nitrogens with zero attached hydrogens (tertiary/aromatic N) is 1. The second-order valence-electron chi connectivity index (χ2n) is 22.4. The molecule has 0 atom stereocenters. The summed E-state index contributed by atoms with van der Waals surface area (Å²) in [6, 6.07) is 85.7. The Morgan fingerprint density at radius 2 is 0.802 bits per heavy atom. The number of rotatable bonds is 5. The maximum atomic E-state index is 12.5. The van der Waals surface area contributed by atoms with Crippen LogP contribution in [0.2, 0.25) is 0 Å². The smallest absolute Gasteiger partial charge is 0.399 e. The highest BCUT2D eigenvalue weighted by molar-refractivity contribution is 7.88. The molecule has 0 amide bonds. The highest BCUT2D eigenvalue weighted by Crippen LogP contribution is 2.53. The van der Waals surface area contributed by atoms with E-state index in [4.69, 9.17) is 5.73 Å². The summed E-state index contributed by atoms with van der Waals surface area (Å²) in [4.78, 5) is 2.52. The first-order valence-electron chi connectivity index (χ1n) is 27.9. The van der Waals surface area contributed by atoms with Gasteiger partial charge in [0.1, 0.15) is 0 Å². The van der Waals surface area contributed by atoms with Gasteiger partial charge in [0.2, 0.25) is 0 Å². The standard InChI is InChI=1S/C43H31N.C15H9F3O3S.C15H15N.CH4.B3.2H2/c1-43(2)37-18-8-7-17-35(37)36-26-25-32(27-38(36)43)44(39-19-9-13-30-23-21-28-11-3-5-15-33(28)41(30)39)40-20-10-14-31-24-22-29-12-4-6-16-34(29)42(31)40;16-15(17,18)22(19,20)21-13-7-3-5-11-9-8-10-4-1-2-6-12(10)14(11)13;1-15(2)13-6-4-3-5-11(13)12-8-7-10(16)9-14(12)15;;1-3-2;;/h3-27H,1-2H3;1-9H;3-9H,16H2,1-2H3;1H4;;2*1H. The van der Waals surface area contributed by atoms with Crippen molar-refractivity contribution in [1.82, 2.24) is 0 Å². The van der Waals surface area contributed by atoms with Crippen molar-refractivity contribution < 1.29 is 28.6 Å². The molecule has 13 aromatic carbocycles. The zero-order chi connectivity index (χ0) is 59.4. The first-order chi connectivity index (χ1) is 40.9. The Bertz CT molecular complexity index is 4770. The summed E-state index contributed by atoms with van der Waals surface area (Å²) in [7, 11) is 4.29. The summed E-state index contributed by atoms with van der Waals surface area (Å²) >= 11 is 0. The second kappa shape index (κ2) is 23.0. The van der Waals surface area contributed by atoms with Crippen molar-refractivity contribution in [3.8, 4) is 28.0 Å². The van der Waals surface area contributed by atoms with Crippen molar-refractivity contribution in [3.05, 3.63) is 271 Å². The van der Waals surface area contributed by atoms with E-state index in [0.717, 1.165) is 18.1 Å². The van der Waals surface area contributed by atoms with Crippen molar-refractivity contribution in [3.63, 3.8) is 0 Å². The molecule has 0 heterocycles. The fourth-order valence-electron chi connectivity index (χ4n) is 12.7. The summed E-state index contributed by atoms with van der Waals surface area (Å²) < 4.78 is 64.4. The number of hydrogen-bond acceptors (Lipinski definition) is 5. The van der Waals surface area contributed by atoms with Gasteiger partial charge in [-0.2, -0.15) is 21.6 Å². The fourth-order valence-corrected chi connectivity index (χ4v) is 13.1. The average molecular weight is 1150 g/mol. The molecule has 2 N–H and O–H groups in total. The van der Waals surface area contributed by atoms with Crippen molar-refractivity contribution >= 4 is 120 Å². The third kappa shape index (κ3) is 10.3. The van der Waals surface area contributed by atoms with Gasteiger partial charge < -0.3 is 14.8 Å². The first kappa shape index (κ1) is 58.5. The SMILES string of the molecule is C.CC1(C)c2ccccc2-c2ccc(N(c3cccc4ccc5ccccc5c34)c3cccc4ccc5ccccc5c34)cc21.CC1(C)c2ccccc2-c2ccc(N)cc21.O=S(=O)(Oc1cccc2ccc3ccccc3c12)C(F)(F)F.[B][B][B].[HH].[HH]. The molecule has 2 aliphatic carbocycles. The van der Waals surface area contributed by atoms with Gasteiger partial charge in [-0.05, 0) is 135 Å². The first-order valence-corrected chi connectivity index (χ1v) is 29.3. The fraction of sp³-hybridized carbons (Fsp3) is 0.108. The summed E-state index contributed by atoms with van der Waals surface area (Å²) in [5.41, 5.74) is 15.7. The minimum atomic E-state index is -5.71. The minimum absolute atomic E-state index is 0. The lowest BCUT2D eigenvalue weighted by atomic mass is 9.40. The Morgan fingerprint density at radius 1 is 0.442 bits per heavy atom. The molecule has 0 spiro atoms. The molecular formula is C74H63B3F3N2O3S. The Hall–Kier alpha value is -9.25. The van der Waals surface area contributed by atoms with Gasteiger partial charge in [-0.3, -0.25) is 0 Å². The molecule has 5 nitrogen and oxygen atoms in total. The normalized spacial score (nSPS) is 13.2. The van der Waals surface area contributed by atoms with E-state index in [1.165, 1.54) is 117 Å². The van der Waals surface area contributed by atoms with Crippen LogP contribution in [0.5, 0.6) is 5.75 Å². The number of nitrogen functional groups attached to an aromatic ring is 1. The van der Waals surface area contributed by atoms with Crippen LogP contribution in [0.25, 0.3) is 86.9 Å². The predicted molar refractivity (Wildman–Crippen MR) is 362 cm³/mol. The summed E-state index contributed by atoms with van der Waals surface area (Å²) in [6.45, 7) is 9.25. The van der Waals surface area contributed by atoms with Gasteiger partial charge in [0.25, 0.3) is 0 Å². The van der Waals surface area contributed by atoms with Crippen LogP contribution < -0.4 is 14.8 Å². The average Bonchev–Trinajstić information content (AvgIpc) is 2.11. The van der Waals surface area contributed by atoms with Crippen LogP contribution >= 0.6 is 0 Å². The number of halogens is 3. The Labute approximate surface area is 507 Å². The zero-order valence-corrected chi connectivity index (χ0v) is 48.0. The maximum Gasteiger partial charge on any atom is 0.534 e. The van der Waals surface area contributed by atoms with Crippen LogP contribution in [-0.4, -0.2) is 36.5 Å². The molecule has 86 heavy (non-hydrogen) atoms. The van der Waals surface area contributed by atoms with Crippen LogP contribution in [0.1, 0.15) is 60.2 Å². The summed E-state index contributed by atoms with van der Waals surface area (Å²) in [5, 5.41) is 12.4. The Morgan fingerprint density at radius 3 is 1.28 bits per heavy atom. The van der Waals surface area contributed by atoms with Crippen LogP contribution in [0, 0.1) is 0 Å². The van der Waals surface area contributed by atoms with E-state index in [1.54, 1.807) is 42.5 Å². The number of nitrogens with two attached hydrogens (primary N) is 1. The molecule has 5 radical (unpaired) electrons. The molecule has 15 rings (SSSR count). The van der Waals surface area contributed by atoms with Crippen LogP contribution in [0.4, 0.5) is 35.9 Å². The van der Waals surface area contributed by atoms with E-state index in [-0.39, 0.29) is 26.9 Å². The minimum Gasteiger partial charge on any atom is -0.399 e. The van der Waals surface area contributed by atoms with Gasteiger partial charge in [0.05, 0.1) is 11.4 Å². The van der Waals surface area contributed by atoms with E-state index in [1.807, 2.05) is 6.07 Å². The van der Waals surface area contributed by atoms with Crippen LogP contribution in [0.3, 0.4) is 0 Å². The Balaban J connectivity index is 0.000000175. The molecular weight excluding hydrogens is 1090 g/mol. The lowest BCUT2D eigenvalue weighted by molar-refractivity contribution is -0.0499. The van der Waals surface area contributed by atoms with Crippen LogP contribution in [-0.2, 0) is 20.9 Å². The molecule has 0 aliphatic heterocycles. The number of hydrogen-bond donors (Lipinski definition) is 1. The zero-order valence-electron chi connectivity index (χ0n) is 47.2. The molecule has 2 aliphatic rings. The molecule has 0 saturated heterocycles. The molecule has 13 aromatic rings. The van der Waals surface area contributed by atoms with Crippen molar-refractivity contribution in [1.29, 1.82) is 0 Å². The Kier molecular flexibility index (Phi) is 15.6. The number of alkyl halides is 3. The number of fused-ring (bicyclic) bond motifs is 15. The maximum absolute atomic E-state index is 12.5. The number of benzene rings is 13. The van der Waals surface area contributed by atoms with E-state index in [0.29, 0.717) is 16.2 Å². The van der Waals surface area contributed by atoms with E-state index in [9.17, 15) is 21.6 Å². The topological polar surface area (TPSA) is 72.6 Å². The molecule has 0 bridgehead atoms. The van der Waals surface area contributed by atoms with Gasteiger partial charge >= 0.3 is 15.6 Å². The second-order valence-corrected chi connectivity index (χ2v) is 23.9. The third-order valence-electron chi connectivity index (χ3n) is 16.6. The van der Waals surface area contributed by atoms with E-state index in [2.05, 4.69) is 240 Å². The lowest BCUT2D eigenvalue weighted by Gasteiger charge is -2.30. The summed E-state index contributed by atoms with van der Waals surface area (Å²) in [6.07, 6.45) is 0. The van der Waals surface area contributed by atoms with Gasteiger partial charge in [0.15, 0.2) is 5.75 Å². The molecule has 0 aromatic heterocycles. The van der Waals surface area contributed by atoms with Crippen molar-refractivity contribution in [2.75, 3.05) is 10.6 Å².